The van der Waals surface area contributed by atoms with Crippen molar-refractivity contribution in [2.24, 2.45) is 5.41 Å². The van der Waals surface area contributed by atoms with Crippen molar-refractivity contribution in [2.75, 3.05) is 18.5 Å². The van der Waals surface area contributed by atoms with Crippen molar-refractivity contribution >= 4 is 17.0 Å². The molecule has 82 valence electrons. The zero-order valence-corrected chi connectivity index (χ0v) is 10.5. The van der Waals surface area contributed by atoms with Crippen LogP contribution in [0.1, 0.15) is 26.7 Å². The molecule has 0 fully saturated rings. The zero-order chi connectivity index (χ0) is 11.3. The lowest BCUT2D eigenvalue weighted by Crippen LogP contribution is -2.31. The molecule has 1 aromatic rings. The minimum Gasteiger partial charge on any atom is -0.373 e. The molecule has 0 bridgehead atoms. The summed E-state index contributed by atoms with van der Waals surface area (Å²) in [5.74, 6) is 0. The average Bonchev–Trinajstić information content (AvgIpc) is 2.67. The number of nitriles is 1. The molecule has 1 heterocycles. The lowest BCUT2D eigenvalue weighted by Gasteiger charge is -2.30. The second-order valence-electron chi connectivity index (χ2n) is 4.66. The fourth-order valence-corrected chi connectivity index (χ4v) is 2.38. The molecule has 15 heavy (non-hydrogen) atoms. The van der Waals surface area contributed by atoms with Crippen LogP contribution >= 0.6 is 11.3 Å². The van der Waals surface area contributed by atoms with Gasteiger partial charge in [-0.25, -0.2) is 0 Å². The van der Waals surface area contributed by atoms with Crippen LogP contribution in [0.4, 0.5) is 5.69 Å². The maximum absolute atomic E-state index is 8.59. The first kappa shape index (κ1) is 12.1. The molecule has 0 saturated heterocycles. The quantitative estimate of drug-likeness (QED) is 0.762. The fourth-order valence-electron chi connectivity index (χ4n) is 1.68. The van der Waals surface area contributed by atoms with Crippen molar-refractivity contribution in [3.63, 3.8) is 0 Å². The van der Waals surface area contributed by atoms with E-state index in [2.05, 4.69) is 48.7 Å². The van der Waals surface area contributed by atoms with Gasteiger partial charge in [-0.1, -0.05) is 13.8 Å². The van der Waals surface area contributed by atoms with E-state index in [1.165, 1.54) is 5.69 Å². The third-order valence-electron chi connectivity index (χ3n) is 2.53. The van der Waals surface area contributed by atoms with E-state index in [0.29, 0.717) is 6.42 Å². The highest BCUT2D eigenvalue weighted by molar-refractivity contribution is 7.08. The van der Waals surface area contributed by atoms with E-state index in [9.17, 15) is 0 Å². The number of rotatable bonds is 5. The molecule has 0 atom stereocenters. The van der Waals surface area contributed by atoms with Gasteiger partial charge in [0.15, 0.2) is 0 Å². The van der Waals surface area contributed by atoms with Gasteiger partial charge in [0.05, 0.1) is 6.07 Å². The van der Waals surface area contributed by atoms with Crippen LogP contribution in [0.15, 0.2) is 16.8 Å². The van der Waals surface area contributed by atoms with E-state index in [1.807, 2.05) is 0 Å². The van der Waals surface area contributed by atoms with Crippen molar-refractivity contribution in [1.82, 2.24) is 0 Å². The van der Waals surface area contributed by atoms with Gasteiger partial charge in [0.25, 0.3) is 0 Å². The molecule has 0 saturated carbocycles. The summed E-state index contributed by atoms with van der Waals surface area (Å²) >= 11 is 1.72. The third-order valence-corrected chi connectivity index (χ3v) is 3.20. The number of anilines is 1. The zero-order valence-electron chi connectivity index (χ0n) is 9.66. The molecule has 3 heteroatoms. The Morgan fingerprint density at radius 3 is 2.80 bits per heavy atom. The van der Waals surface area contributed by atoms with Gasteiger partial charge in [-0.2, -0.15) is 16.6 Å². The Labute approximate surface area is 96.1 Å². The van der Waals surface area contributed by atoms with E-state index in [-0.39, 0.29) is 5.41 Å². The Hall–Kier alpha value is -1.01. The Balaban J connectivity index is 2.50. The van der Waals surface area contributed by atoms with Crippen molar-refractivity contribution in [3.8, 4) is 6.07 Å². The maximum atomic E-state index is 8.59. The van der Waals surface area contributed by atoms with Gasteiger partial charge in [-0.3, -0.25) is 0 Å². The van der Waals surface area contributed by atoms with Crippen LogP contribution in [0, 0.1) is 16.7 Å². The molecule has 0 unspecified atom stereocenters. The van der Waals surface area contributed by atoms with Gasteiger partial charge < -0.3 is 4.90 Å². The van der Waals surface area contributed by atoms with E-state index in [1.54, 1.807) is 11.3 Å². The van der Waals surface area contributed by atoms with Gasteiger partial charge in [-0.05, 0) is 23.3 Å². The Kier molecular flexibility index (Phi) is 4.16. The number of thiophene rings is 1. The smallest absolute Gasteiger partial charge is 0.0621 e. The fraction of sp³-hybridized carbons (Fsp3) is 0.583. The highest BCUT2D eigenvalue weighted by Gasteiger charge is 2.19. The van der Waals surface area contributed by atoms with E-state index >= 15 is 0 Å². The van der Waals surface area contributed by atoms with Crippen molar-refractivity contribution in [2.45, 2.75) is 26.7 Å². The average molecular weight is 222 g/mol. The minimum atomic E-state index is 0.201. The lowest BCUT2D eigenvalue weighted by molar-refractivity contribution is 0.346. The van der Waals surface area contributed by atoms with Gasteiger partial charge >= 0.3 is 0 Å². The summed E-state index contributed by atoms with van der Waals surface area (Å²) < 4.78 is 0. The van der Waals surface area contributed by atoms with Crippen LogP contribution < -0.4 is 4.90 Å². The van der Waals surface area contributed by atoms with Gasteiger partial charge in [0.1, 0.15) is 0 Å². The summed E-state index contributed by atoms with van der Waals surface area (Å²) in [6.07, 6.45) is 1.60. The molecule has 2 nitrogen and oxygen atoms in total. The summed E-state index contributed by atoms with van der Waals surface area (Å²) in [6.45, 7) is 5.42. The molecular formula is C12H18N2S. The van der Waals surface area contributed by atoms with Crippen molar-refractivity contribution < 1.29 is 0 Å². The molecule has 1 rings (SSSR count). The molecule has 0 aliphatic carbocycles. The van der Waals surface area contributed by atoms with Gasteiger partial charge in [-0.15, -0.1) is 0 Å². The number of nitrogens with zero attached hydrogens (tertiary/aromatic N) is 2. The molecular weight excluding hydrogens is 204 g/mol. The van der Waals surface area contributed by atoms with Crippen LogP contribution in [0.3, 0.4) is 0 Å². The van der Waals surface area contributed by atoms with Gasteiger partial charge in [0, 0.05) is 31.1 Å². The summed E-state index contributed by atoms with van der Waals surface area (Å²) in [6, 6.07) is 4.35. The lowest BCUT2D eigenvalue weighted by atomic mass is 9.87. The molecule has 1 aromatic heterocycles. The molecule has 0 aliphatic rings. The summed E-state index contributed by atoms with van der Waals surface area (Å²) in [4.78, 5) is 2.26. The SMILES string of the molecule is CN(CC(C)(C)CCC#N)c1ccsc1. The van der Waals surface area contributed by atoms with Crippen molar-refractivity contribution in [1.29, 1.82) is 5.26 Å². The molecule has 0 aliphatic heterocycles. The standard InChI is InChI=1S/C12H18N2S/c1-12(2,6-4-7-13)10-14(3)11-5-8-15-9-11/h5,8-9H,4,6,10H2,1-3H3. The van der Waals surface area contributed by atoms with E-state index in [0.717, 1.165) is 13.0 Å². The second-order valence-corrected chi connectivity index (χ2v) is 5.44. The normalized spacial score (nSPS) is 11.1. The molecule has 0 spiro atoms. The highest BCUT2D eigenvalue weighted by atomic mass is 32.1. The number of hydrogen-bond donors (Lipinski definition) is 0. The summed E-state index contributed by atoms with van der Waals surface area (Å²) in [7, 11) is 2.11. The predicted octanol–water partition coefficient (Wildman–Crippen LogP) is 3.51. The Bertz CT molecular complexity index is 322. The van der Waals surface area contributed by atoms with E-state index in [4.69, 9.17) is 5.26 Å². The first-order chi connectivity index (χ1) is 7.05. The summed E-state index contributed by atoms with van der Waals surface area (Å²) in [5, 5.41) is 12.8. The maximum Gasteiger partial charge on any atom is 0.0621 e. The predicted molar refractivity (Wildman–Crippen MR) is 66.2 cm³/mol. The largest absolute Gasteiger partial charge is 0.373 e. The molecule has 0 N–H and O–H groups in total. The third kappa shape index (κ3) is 3.93. The van der Waals surface area contributed by atoms with Crippen LogP contribution in [0.25, 0.3) is 0 Å². The molecule has 0 radical (unpaired) electrons. The van der Waals surface area contributed by atoms with Crippen molar-refractivity contribution in [3.05, 3.63) is 16.8 Å². The second kappa shape index (κ2) is 5.18. The number of hydrogen-bond acceptors (Lipinski definition) is 3. The minimum absolute atomic E-state index is 0.201. The topological polar surface area (TPSA) is 27.0 Å². The van der Waals surface area contributed by atoms with Gasteiger partial charge in [0.2, 0.25) is 0 Å². The summed E-state index contributed by atoms with van der Waals surface area (Å²) in [5.41, 5.74) is 1.47. The Morgan fingerprint density at radius 1 is 1.53 bits per heavy atom. The van der Waals surface area contributed by atoms with Crippen LogP contribution in [-0.2, 0) is 0 Å². The van der Waals surface area contributed by atoms with Crippen LogP contribution in [-0.4, -0.2) is 13.6 Å². The molecule has 0 aromatic carbocycles. The van der Waals surface area contributed by atoms with Crippen LogP contribution in [0.2, 0.25) is 0 Å². The van der Waals surface area contributed by atoms with E-state index < -0.39 is 0 Å². The highest BCUT2D eigenvalue weighted by Crippen LogP contribution is 2.26. The molecule has 0 amide bonds. The Morgan fingerprint density at radius 2 is 2.27 bits per heavy atom. The van der Waals surface area contributed by atoms with Crippen LogP contribution in [0.5, 0.6) is 0 Å². The first-order valence-corrected chi connectivity index (χ1v) is 6.10. The first-order valence-electron chi connectivity index (χ1n) is 5.15. The monoisotopic (exact) mass is 222 g/mol.